The minimum absolute atomic E-state index is 0.186. The quantitative estimate of drug-likeness (QED) is 0.713. The fraction of sp³-hybridized carbons (Fsp3) is 0.0769. The molecule has 0 N–H and O–H groups in total. The molecule has 0 amide bonds. The van der Waals surface area contributed by atoms with Gasteiger partial charge in [-0.3, -0.25) is 0 Å². The first kappa shape index (κ1) is 11.5. The van der Waals surface area contributed by atoms with E-state index in [0.29, 0.717) is 10.8 Å². The van der Waals surface area contributed by atoms with Crippen LogP contribution >= 0.6 is 23.4 Å². The second-order valence-corrected chi connectivity index (χ2v) is 4.69. The smallest absolute Gasteiger partial charge is 0.137 e. The maximum atomic E-state index is 13.4. The molecule has 0 bridgehead atoms. The van der Waals surface area contributed by atoms with Crippen LogP contribution in [-0.4, -0.2) is 0 Å². The molecule has 0 atom stereocenters. The largest absolute Gasteiger partial charge is 0.206 e. The van der Waals surface area contributed by atoms with Gasteiger partial charge in [-0.2, -0.15) is 0 Å². The van der Waals surface area contributed by atoms with Gasteiger partial charge in [0.1, 0.15) is 5.82 Å². The van der Waals surface area contributed by atoms with E-state index in [9.17, 15) is 4.39 Å². The molecule has 0 aromatic heterocycles. The van der Waals surface area contributed by atoms with E-state index in [4.69, 9.17) is 11.6 Å². The van der Waals surface area contributed by atoms with Crippen LogP contribution in [0.15, 0.2) is 58.3 Å². The topological polar surface area (TPSA) is 0 Å². The van der Waals surface area contributed by atoms with Crippen molar-refractivity contribution in [2.75, 3.05) is 0 Å². The predicted molar refractivity (Wildman–Crippen MR) is 66.5 cm³/mol. The van der Waals surface area contributed by atoms with E-state index in [1.54, 1.807) is 12.1 Å². The third kappa shape index (κ3) is 2.77. The van der Waals surface area contributed by atoms with Gasteiger partial charge in [-0.1, -0.05) is 36.0 Å². The third-order valence-corrected chi connectivity index (χ3v) is 3.51. The van der Waals surface area contributed by atoms with Gasteiger partial charge >= 0.3 is 0 Å². The van der Waals surface area contributed by atoms with Gasteiger partial charge in [-0.05, 0) is 29.8 Å². The van der Waals surface area contributed by atoms with Gasteiger partial charge in [-0.15, -0.1) is 11.6 Å². The zero-order chi connectivity index (χ0) is 11.4. The molecule has 2 rings (SSSR count). The first-order valence-corrected chi connectivity index (χ1v) is 6.22. The molecule has 0 aliphatic rings. The van der Waals surface area contributed by atoms with Crippen LogP contribution in [-0.2, 0) is 5.88 Å². The molecule has 0 aliphatic carbocycles. The molecule has 0 unspecified atom stereocenters. The molecular formula is C13H10ClFS. The SMILES string of the molecule is Fc1ccccc1Sc1ccc(CCl)cc1. The van der Waals surface area contributed by atoms with E-state index in [1.165, 1.54) is 17.8 Å². The summed E-state index contributed by atoms with van der Waals surface area (Å²) in [6, 6.07) is 14.6. The number of hydrogen-bond donors (Lipinski definition) is 0. The van der Waals surface area contributed by atoms with Crippen LogP contribution in [0.25, 0.3) is 0 Å². The molecule has 82 valence electrons. The van der Waals surface area contributed by atoms with Crippen LogP contribution in [0, 0.1) is 5.82 Å². The fourth-order valence-corrected chi connectivity index (χ4v) is 2.32. The van der Waals surface area contributed by atoms with Crippen molar-refractivity contribution in [2.24, 2.45) is 0 Å². The highest BCUT2D eigenvalue weighted by molar-refractivity contribution is 7.99. The minimum atomic E-state index is -0.186. The summed E-state index contributed by atoms with van der Waals surface area (Å²) >= 11 is 7.11. The number of rotatable bonds is 3. The van der Waals surface area contributed by atoms with E-state index in [0.717, 1.165) is 10.5 Å². The van der Waals surface area contributed by atoms with Crippen LogP contribution < -0.4 is 0 Å². The van der Waals surface area contributed by atoms with Crippen LogP contribution in [0.5, 0.6) is 0 Å². The molecule has 0 fully saturated rings. The van der Waals surface area contributed by atoms with Crippen molar-refractivity contribution in [3.05, 3.63) is 59.9 Å². The molecule has 0 spiro atoms. The lowest BCUT2D eigenvalue weighted by molar-refractivity contribution is 0.602. The van der Waals surface area contributed by atoms with Gasteiger partial charge in [0.2, 0.25) is 0 Å². The Morgan fingerprint density at radius 3 is 2.31 bits per heavy atom. The van der Waals surface area contributed by atoms with E-state index < -0.39 is 0 Å². The molecule has 0 saturated heterocycles. The van der Waals surface area contributed by atoms with Crippen molar-refractivity contribution in [1.29, 1.82) is 0 Å². The number of alkyl halides is 1. The number of benzene rings is 2. The molecule has 0 heterocycles. The van der Waals surface area contributed by atoms with Gasteiger partial charge in [0.15, 0.2) is 0 Å². The second kappa shape index (κ2) is 5.37. The summed E-state index contributed by atoms with van der Waals surface area (Å²) in [5, 5.41) is 0. The van der Waals surface area contributed by atoms with Gasteiger partial charge < -0.3 is 0 Å². The van der Waals surface area contributed by atoms with E-state index >= 15 is 0 Å². The zero-order valence-corrected chi connectivity index (χ0v) is 10.1. The first-order chi connectivity index (χ1) is 7.79. The Morgan fingerprint density at radius 2 is 1.69 bits per heavy atom. The highest BCUT2D eigenvalue weighted by Gasteiger charge is 2.02. The number of hydrogen-bond acceptors (Lipinski definition) is 1. The lowest BCUT2D eigenvalue weighted by Gasteiger charge is -2.03. The maximum absolute atomic E-state index is 13.4. The summed E-state index contributed by atoms with van der Waals surface area (Å²) in [7, 11) is 0. The highest BCUT2D eigenvalue weighted by Crippen LogP contribution is 2.29. The van der Waals surface area contributed by atoms with Gasteiger partial charge in [0.25, 0.3) is 0 Å². The zero-order valence-electron chi connectivity index (χ0n) is 8.49. The normalized spacial score (nSPS) is 10.4. The van der Waals surface area contributed by atoms with E-state index in [1.807, 2.05) is 30.3 Å². The summed E-state index contributed by atoms with van der Waals surface area (Å²) in [5.74, 6) is 0.318. The van der Waals surface area contributed by atoms with Crippen LogP contribution in [0.3, 0.4) is 0 Å². The summed E-state index contributed by atoms with van der Waals surface area (Å²) < 4.78 is 13.4. The summed E-state index contributed by atoms with van der Waals surface area (Å²) in [6.07, 6.45) is 0. The Kier molecular flexibility index (Phi) is 3.86. The number of halogens is 2. The van der Waals surface area contributed by atoms with Gasteiger partial charge in [0, 0.05) is 15.7 Å². The molecule has 3 heteroatoms. The lowest BCUT2D eigenvalue weighted by atomic mass is 10.2. The molecule has 0 aliphatic heterocycles. The van der Waals surface area contributed by atoms with Crippen molar-refractivity contribution in [2.45, 2.75) is 15.7 Å². The second-order valence-electron chi connectivity index (χ2n) is 3.31. The van der Waals surface area contributed by atoms with Crippen LogP contribution in [0.1, 0.15) is 5.56 Å². The summed E-state index contributed by atoms with van der Waals surface area (Å²) in [5.41, 5.74) is 1.07. The summed E-state index contributed by atoms with van der Waals surface area (Å²) in [4.78, 5) is 1.65. The molecular weight excluding hydrogens is 243 g/mol. The third-order valence-electron chi connectivity index (χ3n) is 2.14. The Balaban J connectivity index is 2.18. The first-order valence-electron chi connectivity index (χ1n) is 4.87. The van der Waals surface area contributed by atoms with Crippen molar-refractivity contribution in [3.8, 4) is 0 Å². The van der Waals surface area contributed by atoms with Gasteiger partial charge in [-0.25, -0.2) is 4.39 Å². The van der Waals surface area contributed by atoms with Crippen molar-refractivity contribution < 1.29 is 4.39 Å². The molecule has 16 heavy (non-hydrogen) atoms. The predicted octanol–water partition coefficient (Wildman–Crippen LogP) is 4.72. The minimum Gasteiger partial charge on any atom is -0.206 e. The van der Waals surface area contributed by atoms with Gasteiger partial charge in [0.05, 0.1) is 0 Å². The van der Waals surface area contributed by atoms with E-state index in [2.05, 4.69) is 0 Å². The molecule has 0 nitrogen and oxygen atoms in total. The van der Waals surface area contributed by atoms with Crippen LogP contribution in [0.2, 0.25) is 0 Å². The highest BCUT2D eigenvalue weighted by atomic mass is 35.5. The fourth-order valence-electron chi connectivity index (χ4n) is 1.30. The molecule has 0 radical (unpaired) electrons. The Hall–Kier alpha value is -0.990. The monoisotopic (exact) mass is 252 g/mol. The Labute approximate surface area is 103 Å². The molecule has 2 aromatic carbocycles. The Morgan fingerprint density at radius 1 is 1.00 bits per heavy atom. The van der Waals surface area contributed by atoms with Crippen LogP contribution in [0.4, 0.5) is 4.39 Å². The lowest BCUT2D eigenvalue weighted by Crippen LogP contribution is -1.81. The molecule has 0 saturated carbocycles. The summed E-state index contributed by atoms with van der Waals surface area (Å²) in [6.45, 7) is 0. The van der Waals surface area contributed by atoms with E-state index in [-0.39, 0.29) is 5.82 Å². The standard InChI is InChI=1S/C13H10ClFS/c14-9-10-5-7-11(8-6-10)16-13-4-2-1-3-12(13)15/h1-8H,9H2. The van der Waals surface area contributed by atoms with Crippen molar-refractivity contribution >= 4 is 23.4 Å². The Bertz CT molecular complexity index is 468. The average molecular weight is 253 g/mol. The van der Waals surface area contributed by atoms with Crippen molar-refractivity contribution in [1.82, 2.24) is 0 Å². The average Bonchev–Trinajstić information content (AvgIpc) is 2.33. The maximum Gasteiger partial charge on any atom is 0.137 e. The van der Waals surface area contributed by atoms with Crippen molar-refractivity contribution in [3.63, 3.8) is 0 Å². The molecule has 2 aromatic rings.